The van der Waals surface area contributed by atoms with Crippen LogP contribution in [0.1, 0.15) is 58.2 Å². The Morgan fingerprint density at radius 3 is 2.26 bits per heavy atom. The molecule has 34 heavy (non-hydrogen) atoms. The molecule has 0 atom stereocenters. The maximum Gasteiger partial charge on any atom is 0.204 e. The SMILES string of the molecule is CC(C)=CCc1c2c(c3oc4c(O)c5c(cc4c(=O)c3c1O)C=CC(C)(C)O5)C=CC(C)(C)O2. The summed E-state index contributed by atoms with van der Waals surface area (Å²) in [5, 5.41) is 22.6. The number of phenols is 2. The molecular weight excluding hydrogens is 432 g/mol. The second-order valence-electron chi connectivity index (χ2n) is 10.3. The van der Waals surface area contributed by atoms with E-state index in [1.807, 2.05) is 71.9 Å². The predicted octanol–water partition coefficient (Wildman–Crippen LogP) is 6.23. The van der Waals surface area contributed by atoms with E-state index < -0.39 is 16.6 Å². The van der Waals surface area contributed by atoms with Gasteiger partial charge in [0.15, 0.2) is 16.9 Å². The minimum Gasteiger partial charge on any atom is -0.507 e. The Labute approximate surface area is 197 Å². The Bertz CT molecular complexity index is 1520. The van der Waals surface area contributed by atoms with Crippen molar-refractivity contribution in [3.05, 3.63) is 56.8 Å². The first-order valence-corrected chi connectivity index (χ1v) is 11.3. The molecule has 3 heterocycles. The zero-order valence-corrected chi connectivity index (χ0v) is 20.2. The highest BCUT2D eigenvalue weighted by Gasteiger charge is 2.32. The molecule has 0 fully saturated rings. The van der Waals surface area contributed by atoms with Crippen LogP contribution in [0.4, 0.5) is 0 Å². The van der Waals surface area contributed by atoms with Gasteiger partial charge in [0, 0.05) is 11.1 Å². The zero-order valence-electron chi connectivity index (χ0n) is 20.2. The van der Waals surface area contributed by atoms with Crippen LogP contribution in [0.5, 0.6) is 23.0 Å². The van der Waals surface area contributed by atoms with Crippen LogP contribution in [0.2, 0.25) is 0 Å². The van der Waals surface area contributed by atoms with Crippen molar-refractivity contribution in [3.63, 3.8) is 0 Å². The average Bonchev–Trinajstić information content (AvgIpc) is 2.73. The molecule has 176 valence electrons. The van der Waals surface area contributed by atoms with Crippen molar-refractivity contribution in [3.8, 4) is 23.0 Å². The standard InChI is InChI=1S/C28H28O6/c1-14(2)7-8-16-20(29)19-21(30)18-13-15-9-11-27(3,4)33-23(15)22(31)26(18)32-25(19)17-10-12-28(5,6)34-24(16)17/h7,9-13,29,31H,8H2,1-6H3. The maximum absolute atomic E-state index is 13.7. The van der Waals surface area contributed by atoms with Gasteiger partial charge in [0.25, 0.3) is 0 Å². The molecule has 3 aromatic rings. The van der Waals surface area contributed by atoms with E-state index in [1.54, 1.807) is 6.07 Å². The van der Waals surface area contributed by atoms with Crippen LogP contribution in [-0.4, -0.2) is 21.4 Å². The molecule has 0 aliphatic carbocycles. The van der Waals surface area contributed by atoms with Gasteiger partial charge in [-0.2, -0.15) is 0 Å². The number of aromatic hydroxyl groups is 2. The van der Waals surface area contributed by atoms with E-state index in [9.17, 15) is 15.0 Å². The Hall–Kier alpha value is -3.67. The lowest BCUT2D eigenvalue weighted by Crippen LogP contribution is -2.28. The van der Waals surface area contributed by atoms with Crippen LogP contribution < -0.4 is 14.9 Å². The number of ether oxygens (including phenoxy) is 2. The van der Waals surface area contributed by atoms with Gasteiger partial charge < -0.3 is 24.1 Å². The molecule has 0 radical (unpaired) electrons. The third kappa shape index (κ3) is 3.36. The average molecular weight is 461 g/mol. The molecule has 6 heteroatoms. The minimum absolute atomic E-state index is 0.0132. The molecular formula is C28H28O6. The minimum atomic E-state index is -0.616. The second kappa shape index (κ2) is 7.16. The molecule has 2 N–H and O–H groups in total. The molecule has 0 saturated carbocycles. The first-order chi connectivity index (χ1) is 15.9. The Morgan fingerprint density at radius 2 is 1.59 bits per heavy atom. The smallest absolute Gasteiger partial charge is 0.204 e. The lowest BCUT2D eigenvalue weighted by Gasteiger charge is -2.30. The molecule has 1 aromatic heterocycles. The van der Waals surface area contributed by atoms with E-state index in [0.29, 0.717) is 28.9 Å². The van der Waals surface area contributed by atoms with Gasteiger partial charge in [0.05, 0.1) is 10.9 Å². The lowest BCUT2D eigenvalue weighted by molar-refractivity contribution is 0.153. The first-order valence-electron chi connectivity index (χ1n) is 11.3. The van der Waals surface area contributed by atoms with Crippen LogP contribution in [0.15, 0.2) is 39.1 Å². The van der Waals surface area contributed by atoms with Crippen molar-refractivity contribution in [1.82, 2.24) is 0 Å². The molecule has 2 aliphatic heterocycles. The summed E-state index contributed by atoms with van der Waals surface area (Å²) in [5.41, 5.74) is 1.27. The topological polar surface area (TPSA) is 89.1 Å². The summed E-state index contributed by atoms with van der Waals surface area (Å²) in [7, 11) is 0. The van der Waals surface area contributed by atoms with Crippen molar-refractivity contribution < 1.29 is 24.1 Å². The summed E-state index contributed by atoms with van der Waals surface area (Å²) in [6.07, 6.45) is 9.77. The van der Waals surface area contributed by atoms with E-state index in [1.165, 1.54) is 0 Å². The van der Waals surface area contributed by atoms with Gasteiger partial charge in [0.2, 0.25) is 11.2 Å². The summed E-state index contributed by atoms with van der Waals surface area (Å²) < 4.78 is 18.4. The fraction of sp³-hybridized carbons (Fsp3) is 0.321. The summed E-state index contributed by atoms with van der Waals surface area (Å²) in [5.74, 6) is 0.314. The van der Waals surface area contributed by atoms with Crippen LogP contribution in [0.3, 0.4) is 0 Å². The second-order valence-corrected chi connectivity index (χ2v) is 10.3. The summed E-state index contributed by atoms with van der Waals surface area (Å²) >= 11 is 0. The van der Waals surface area contributed by atoms with Crippen molar-refractivity contribution in [2.75, 3.05) is 0 Å². The number of hydrogen-bond donors (Lipinski definition) is 2. The molecule has 5 rings (SSSR count). The first kappa shape index (κ1) is 22.1. The predicted molar refractivity (Wildman–Crippen MR) is 134 cm³/mol. The van der Waals surface area contributed by atoms with Gasteiger partial charge in [-0.1, -0.05) is 17.7 Å². The highest BCUT2D eigenvalue weighted by atomic mass is 16.5. The van der Waals surface area contributed by atoms with E-state index in [4.69, 9.17) is 13.9 Å². The molecule has 6 nitrogen and oxygen atoms in total. The fourth-order valence-corrected chi connectivity index (χ4v) is 4.41. The highest BCUT2D eigenvalue weighted by molar-refractivity contribution is 6.02. The Kier molecular flexibility index (Phi) is 4.66. The van der Waals surface area contributed by atoms with Crippen LogP contribution in [-0.2, 0) is 6.42 Å². The molecule has 0 amide bonds. The largest absolute Gasteiger partial charge is 0.507 e. The van der Waals surface area contributed by atoms with Crippen molar-refractivity contribution in [2.45, 2.75) is 59.2 Å². The quantitative estimate of drug-likeness (QED) is 0.348. The fourth-order valence-electron chi connectivity index (χ4n) is 4.41. The Balaban J connectivity index is 1.91. The Morgan fingerprint density at radius 1 is 0.941 bits per heavy atom. The summed E-state index contributed by atoms with van der Waals surface area (Å²) in [4.78, 5) is 13.7. The number of benzene rings is 2. The molecule has 0 unspecified atom stereocenters. The van der Waals surface area contributed by atoms with Crippen molar-refractivity contribution in [1.29, 1.82) is 0 Å². The number of allylic oxidation sites excluding steroid dienone is 2. The number of phenolic OH excluding ortho intramolecular Hbond substituents is 2. The van der Waals surface area contributed by atoms with Gasteiger partial charge in [-0.3, -0.25) is 4.79 Å². The normalized spacial score (nSPS) is 17.1. The molecule has 2 aliphatic rings. The van der Waals surface area contributed by atoms with Crippen LogP contribution >= 0.6 is 0 Å². The third-order valence-corrected chi connectivity index (χ3v) is 6.19. The molecule has 0 saturated heterocycles. The monoisotopic (exact) mass is 460 g/mol. The molecule has 0 spiro atoms. The van der Waals surface area contributed by atoms with E-state index >= 15 is 0 Å². The van der Waals surface area contributed by atoms with Gasteiger partial charge in [-0.05, 0) is 72.3 Å². The number of rotatable bonds is 2. The van der Waals surface area contributed by atoms with Crippen LogP contribution in [0, 0.1) is 0 Å². The number of hydrogen-bond acceptors (Lipinski definition) is 6. The zero-order chi connectivity index (χ0) is 24.6. The van der Waals surface area contributed by atoms with Crippen LogP contribution in [0.25, 0.3) is 34.1 Å². The summed E-state index contributed by atoms with van der Waals surface area (Å²) in [6.45, 7) is 11.5. The van der Waals surface area contributed by atoms with E-state index in [2.05, 4.69) is 0 Å². The highest BCUT2D eigenvalue weighted by Crippen LogP contribution is 2.48. The van der Waals surface area contributed by atoms with Gasteiger partial charge in [-0.15, -0.1) is 0 Å². The molecule has 2 aromatic carbocycles. The number of fused-ring (bicyclic) bond motifs is 5. The molecule has 0 bridgehead atoms. The van der Waals surface area contributed by atoms with Gasteiger partial charge >= 0.3 is 0 Å². The van der Waals surface area contributed by atoms with Crippen molar-refractivity contribution >= 4 is 34.1 Å². The summed E-state index contributed by atoms with van der Waals surface area (Å²) in [6, 6.07) is 1.63. The van der Waals surface area contributed by atoms with Gasteiger partial charge in [-0.25, -0.2) is 0 Å². The maximum atomic E-state index is 13.7. The van der Waals surface area contributed by atoms with E-state index in [0.717, 1.165) is 5.57 Å². The van der Waals surface area contributed by atoms with E-state index in [-0.39, 0.29) is 39.2 Å². The lowest BCUT2D eigenvalue weighted by atomic mass is 9.93. The van der Waals surface area contributed by atoms with Gasteiger partial charge in [0.1, 0.15) is 28.1 Å². The third-order valence-electron chi connectivity index (χ3n) is 6.19. The van der Waals surface area contributed by atoms with Crippen molar-refractivity contribution in [2.24, 2.45) is 0 Å².